The van der Waals surface area contributed by atoms with Crippen molar-refractivity contribution in [1.82, 2.24) is 0 Å². The summed E-state index contributed by atoms with van der Waals surface area (Å²) < 4.78 is 0. The SMILES string of the molecule is CO/N=C(/C1=CC(OOC(C)(C)C)(C(C)(C)C)C(=O)C(C(C)(C)C)=C1)C(C)C. The van der Waals surface area contributed by atoms with Gasteiger partial charge in [-0.05, 0) is 49.8 Å². The molecule has 0 saturated heterocycles. The summed E-state index contributed by atoms with van der Waals surface area (Å²) >= 11 is 0. The molecule has 160 valence electrons. The Morgan fingerprint density at radius 1 is 1.04 bits per heavy atom. The first-order valence-electron chi connectivity index (χ1n) is 9.94. The minimum absolute atomic E-state index is 0.0824. The molecule has 1 rings (SSSR count). The number of hydrogen-bond donors (Lipinski definition) is 0. The zero-order chi connectivity index (χ0) is 22.1. The highest BCUT2D eigenvalue weighted by Gasteiger charge is 2.54. The van der Waals surface area contributed by atoms with Crippen LogP contribution in [0.1, 0.15) is 76.2 Å². The molecule has 0 fully saturated rings. The lowest BCUT2D eigenvalue weighted by Gasteiger charge is -2.45. The minimum Gasteiger partial charge on any atom is -0.399 e. The van der Waals surface area contributed by atoms with Gasteiger partial charge in [0, 0.05) is 11.0 Å². The van der Waals surface area contributed by atoms with Crippen molar-refractivity contribution in [1.29, 1.82) is 0 Å². The van der Waals surface area contributed by atoms with Crippen LogP contribution in [0.2, 0.25) is 0 Å². The molecular formula is C23H39NO4. The van der Waals surface area contributed by atoms with E-state index in [0.717, 1.165) is 11.3 Å². The minimum atomic E-state index is -1.28. The summed E-state index contributed by atoms with van der Waals surface area (Å²) in [5.74, 6) is 0.0269. The summed E-state index contributed by atoms with van der Waals surface area (Å²) in [6.07, 6.45) is 3.78. The fourth-order valence-electron chi connectivity index (χ4n) is 2.98. The smallest absolute Gasteiger partial charge is 0.199 e. The van der Waals surface area contributed by atoms with Crippen molar-refractivity contribution in [3.63, 3.8) is 0 Å². The van der Waals surface area contributed by atoms with Gasteiger partial charge in [-0.1, -0.05) is 60.5 Å². The summed E-state index contributed by atoms with van der Waals surface area (Å²) in [5.41, 5.74) is -0.484. The molecule has 28 heavy (non-hydrogen) atoms. The number of allylic oxidation sites excluding steroid dienone is 2. The van der Waals surface area contributed by atoms with Crippen molar-refractivity contribution < 1.29 is 19.4 Å². The van der Waals surface area contributed by atoms with Crippen molar-refractivity contribution in [2.24, 2.45) is 21.9 Å². The second kappa shape index (κ2) is 8.11. The molecule has 0 aromatic rings. The Labute approximate surface area is 171 Å². The number of carbonyl (C=O) groups is 1. The molecule has 1 aliphatic carbocycles. The van der Waals surface area contributed by atoms with E-state index in [9.17, 15) is 4.79 Å². The fraction of sp³-hybridized carbons (Fsp3) is 0.739. The van der Waals surface area contributed by atoms with E-state index in [1.807, 2.05) is 88.3 Å². The van der Waals surface area contributed by atoms with Crippen LogP contribution in [0.25, 0.3) is 0 Å². The normalized spacial score (nSPS) is 22.3. The van der Waals surface area contributed by atoms with Gasteiger partial charge in [0.15, 0.2) is 11.4 Å². The van der Waals surface area contributed by atoms with Crippen LogP contribution in [0.15, 0.2) is 28.5 Å². The first-order valence-corrected chi connectivity index (χ1v) is 9.94. The average molecular weight is 394 g/mol. The zero-order valence-electron chi connectivity index (χ0n) is 19.8. The van der Waals surface area contributed by atoms with Crippen molar-refractivity contribution in [3.8, 4) is 0 Å². The molecule has 0 aromatic carbocycles. The Morgan fingerprint density at radius 2 is 1.57 bits per heavy atom. The summed E-state index contributed by atoms with van der Waals surface area (Å²) in [5, 5.41) is 4.24. The van der Waals surface area contributed by atoms with Crippen LogP contribution in [0, 0.1) is 16.7 Å². The number of hydrogen-bond acceptors (Lipinski definition) is 5. The molecular weight excluding hydrogens is 354 g/mol. The molecule has 0 saturated carbocycles. The van der Waals surface area contributed by atoms with Crippen LogP contribution in [-0.2, 0) is 19.4 Å². The monoisotopic (exact) mass is 393 g/mol. The molecule has 1 atom stereocenters. The lowest BCUT2D eigenvalue weighted by Crippen LogP contribution is -2.55. The van der Waals surface area contributed by atoms with E-state index in [2.05, 4.69) is 5.16 Å². The first-order chi connectivity index (χ1) is 12.5. The molecule has 0 N–H and O–H groups in total. The van der Waals surface area contributed by atoms with E-state index in [-0.39, 0.29) is 17.1 Å². The highest BCUT2D eigenvalue weighted by molar-refractivity contribution is 6.13. The highest BCUT2D eigenvalue weighted by atomic mass is 17.2. The van der Waals surface area contributed by atoms with Crippen LogP contribution in [-0.4, -0.2) is 29.8 Å². The molecule has 0 spiro atoms. The lowest BCUT2D eigenvalue weighted by molar-refractivity contribution is -0.397. The summed E-state index contributed by atoms with van der Waals surface area (Å²) in [6.45, 7) is 21.8. The predicted octanol–water partition coefficient (Wildman–Crippen LogP) is 5.66. The summed E-state index contributed by atoms with van der Waals surface area (Å²) in [4.78, 5) is 30.6. The first kappa shape index (κ1) is 24.6. The van der Waals surface area contributed by atoms with Gasteiger partial charge in [-0.15, -0.1) is 0 Å². The van der Waals surface area contributed by atoms with Crippen LogP contribution in [0.5, 0.6) is 0 Å². The zero-order valence-corrected chi connectivity index (χ0v) is 19.8. The Morgan fingerprint density at radius 3 is 1.93 bits per heavy atom. The number of nitrogens with zero attached hydrogens (tertiary/aromatic N) is 1. The highest BCUT2D eigenvalue weighted by Crippen LogP contribution is 2.46. The largest absolute Gasteiger partial charge is 0.399 e. The van der Waals surface area contributed by atoms with Gasteiger partial charge in [-0.3, -0.25) is 4.79 Å². The van der Waals surface area contributed by atoms with E-state index in [1.165, 1.54) is 7.11 Å². The van der Waals surface area contributed by atoms with Crippen molar-refractivity contribution in [3.05, 3.63) is 23.3 Å². The summed E-state index contributed by atoms with van der Waals surface area (Å²) in [6, 6.07) is 0. The molecule has 0 radical (unpaired) electrons. The van der Waals surface area contributed by atoms with Gasteiger partial charge in [-0.25, -0.2) is 9.78 Å². The molecule has 5 heteroatoms. The number of Topliss-reactive ketones (excluding diaryl/α,β-unsaturated/α-hetero) is 1. The summed E-state index contributed by atoms with van der Waals surface area (Å²) in [7, 11) is 1.53. The Bertz CT molecular complexity index is 679. The van der Waals surface area contributed by atoms with E-state index < -0.39 is 16.6 Å². The van der Waals surface area contributed by atoms with Crippen LogP contribution >= 0.6 is 0 Å². The molecule has 0 aromatic heterocycles. The number of rotatable bonds is 5. The molecule has 0 aliphatic heterocycles. The topological polar surface area (TPSA) is 57.1 Å². The quantitative estimate of drug-likeness (QED) is 0.344. The Balaban J connectivity index is 3.79. The van der Waals surface area contributed by atoms with E-state index in [1.54, 1.807) is 0 Å². The second-order valence-electron chi connectivity index (χ2n) is 10.8. The van der Waals surface area contributed by atoms with Gasteiger partial charge in [0.1, 0.15) is 7.11 Å². The molecule has 1 aliphatic rings. The third-order valence-electron chi connectivity index (χ3n) is 4.62. The maximum Gasteiger partial charge on any atom is 0.199 e. The fourth-order valence-corrected chi connectivity index (χ4v) is 2.98. The van der Waals surface area contributed by atoms with Gasteiger partial charge in [-0.2, -0.15) is 0 Å². The van der Waals surface area contributed by atoms with Crippen molar-refractivity contribution in [2.75, 3.05) is 7.11 Å². The Kier molecular flexibility index (Phi) is 7.12. The van der Waals surface area contributed by atoms with Gasteiger partial charge >= 0.3 is 0 Å². The van der Waals surface area contributed by atoms with Gasteiger partial charge in [0.05, 0.1) is 11.3 Å². The van der Waals surface area contributed by atoms with E-state index >= 15 is 0 Å². The van der Waals surface area contributed by atoms with Crippen LogP contribution in [0.3, 0.4) is 0 Å². The van der Waals surface area contributed by atoms with Crippen LogP contribution in [0.4, 0.5) is 0 Å². The number of oxime groups is 1. The molecule has 0 amide bonds. The van der Waals surface area contributed by atoms with Gasteiger partial charge < -0.3 is 4.84 Å². The van der Waals surface area contributed by atoms with Crippen molar-refractivity contribution in [2.45, 2.75) is 87.4 Å². The van der Waals surface area contributed by atoms with Gasteiger partial charge in [0.2, 0.25) is 0 Å². The van der Waals surface area contributed by atoms with Crippen LogP contribution < -0.4 is 0 Å². The maximum absolute atomic E-state index is 13.8. The molecule has 5 nitrogen and oxygen atoms in total. The molecule has 0 heterocycles. The standard InChI is InChI=1S/C23H39NO4/c1-15(2)18(24-26-12)16-13-17(20(3,4)5)19(25)23(14-16,21(6,7)8)28-27-22(9,10)11/h13-15H,1-12H3/b24-18+. The number of carbonyl (C=O) groups excluding carboxylic acids is 1. The third kappa shape index (κ3) is 5.32. The van der Waals surface area contributed by atoms with E-state index in [4.69, 9.17) is 14.6 Å². The third-order valence-corrected chi connectivity index (χ3v) is 4.62. The lowest BCUT2D eigenvalue weighted by atomic mass is 9.64. The molecule has 1 unspecified atom stereocenters. The average Bonchev–Trinajstić information content (AvgIpc) is 2.48. The second-order valence-corrected chi connectivity index (χ2v) is 10.8. The Hall–Kier alpha value is -1.46. The van der Waals surface area contributed by atoms with Gasteiger partial charge in [0.25, 0.3) is 0 Å². The van der Waals surface area contributed by atoms with Crippen molar-refractivity contribution >= 4 is 11.5 Å². The number of ketones is 1. The maximum atomic E-state index is 13.8. The molecule has 0 bridgehead atoms. The predicted molar refractivity (Wildman–Crippen MR) is 114 cm³/mol. The van der Waals surface area contributed by atoms with E-state index in [0.29, 0.717) is 5.57 Å².